The van der Waals surface area contributed by atoms with Crippen molar-refractivity contribution in [2.45, 2.75) is 50.8 Å². The van der Waals surface area contributed by atoms with Crippen LogP contribution < -0.4 is 15.1 Å². The average molecular weight is 497 g/mol. The van der Waals surface area contributed by atoms with Gasteiger partial charge in [-0.05, 0) is 48.7 Å². The van der Waals surface area contributed by atoms with Crippen molar-refractivity contribution in [1.29, 1.82) is 0 Å². The van der Waals surface area contributed by atoms with Crippen LogP contribution >= 0.6 is 0 Å². The van der Waals surface area contributed by atoms with Gasteiger partial charge in [-0.3, -0.25) is 0 Å². The van der Waals surface area contributed by atoms with Crippen molar-refractivity contribution in [3.05, 3.63) is 51.9 Å². The summed E-state index contributed by atoms with van der Waals surface area (Å²) in [5.41, 5.74) is 0.801. The van der Waals surface area contributed by atoms with E-state index in [4.69, 9.17) is 18.6 Å². The molecule has 0 spiro atoms. The second-order valence-corrected chi connectivity index (χ2v) is 9.09. The fourth-order valence-electron chi connectivity index (χ4n) is 5.18. The Kier molecular flexibility index (Phi) is 6.04. The molecule has 4 N–H and O–H groups in total. The summed E-state index contributed by atoms with van der Waals surface area (Å²) in [7, 11) is 2.97. The number of phenols is 1. The summed E-state index contributed by atoms with van der Waals surface area (Å²) in [6.07, 6.45) is -5.21. The standard InChI is InChI=1S/C27H28O9/c1-5-12-8-15-19(17(9-12)33-3)14-10-18(34-4)21-16(29)7-6-13(20(21)25(14)36-27(15)32)26-23(31)22(30)24(35-26)11(2)28/h6-11,22-24,26,28-31H,5H2,1-4H3/t11-,22?,23?,24?,26?/m1/s1. The predicted molar refractivity (Wildman–Crippen MR) is 133 cm³/mol. The van der Waals surface area contributed by atoms with Gasteiger partial charge in [0.15, 0.2) is 0 Å². The van der Waals surface area contributed by atoms with Crippen LogP contribution in [0.25, 0.3) is 32.5 Å². The predicted octanol–water partition coefficient (Wildman–Crippen LogP) is 2.93. The molecule has 0 bridgehead atoms. The number of ether oxygens (including phenoxy) is 3. The van der Waals surface area contributed by atoms with Crippen molar-refractivity contribution >= 4 is 32.5 Å². The zero-order chi connectivity index (χ0) is 25.9. The van der Waals surface area contributed by atoms with Crippen molar-refractivity contribution in [3.8, 4) is 17.2 Å². The van der Waals surface area contributed by atoms with E-state index in [0.717, 1.165) is 5.56 Å². The molecule has 0 radical (unpaired) electrons. The Balaban J connectivity index is 1.95. The SMILES string of the molecule is CCc1cc(OC)c2c(c1)c(=O)oc1c2cc(OC)c2c(O)ccc(C3OC([C@@H](C)O)C(O)C3O)c21. The van der Waals surface area contributed by atoms with E-state index in [-0.39, 0.29) is 22.1 Å². The molecule has 4 aromatic rings. The number of rotatable bonds is 5. The number of hydrogen-bond acceptors (Lipinski definition) is 9. The van der Waals surface area contributed by atoms with Crippen molar-refractivity contribution in [2.24, 2.45) is 0 Å². The van der Waals surface area contributed by atoms with E-state index >= 15 is 0 Å². The largest absolute Gasteiger partial charge is 0.507 e. The highest BCUT2D eigenvalue weighted by Gasteiger charge is 2.46. The summed E-state index contributed by atoms with van der Waals surface area (Å²) >= 11 is 0. The van der Waals surface area contributed by atoms with Gasteiger partial charge in [0.2, 0.25) is 0 Å². The second kappa shape index (κ2) is 8.94. The highest BCUT2D eigenvalue weighted by molar-refractivity contribution is 6.19. The maximum atomic E-state index is 13.2. The summed E-state index contributed by atoms with van der Waals surface area (Å²) in [5.74, 6) is 0.643. The maximum absolute atomic E-state index is 13.2. The molecule has 5 atom stereocenters. The van der Waals surface area contributed by atoms with E-state index in [9.17, 15) is 25.2 Å². The lowest BCUT2D eigenvalue weighted by Gasteiger charge is -2.20. The van der Waals surface area contributed by atoms with Gasteiger partial charge in [0.1, 0.15) is 47.2 Å². The van der Waals surface area contributed by atoms with Crippen LogP contribution in [0.4, 0.5) is 0 Å². The van der Waals surface area contributed by atoms with Gasteiger partial charge in [-0.15, -0.1) is 0 Å². The zero-order valence-corrected chi connectivity index (χ0v) is 20.3. The van der Waals surface area contributed by atoms with E-state index in [1.807, 2.05) is 13.0 Å². The number of aryl methyl sites for hydroxylation is 1. The van der Waals surface area contributed by atoms with Crippen LogP contribution in [0.2, 0.25) is 0 Å². The van der Waals surface area contributed by atoms with Gasteiger partial charge < -0.3 is 39.1 Å². The molecule has 0 saturated carbocycles. The highest BCUT2D eigenvalue weighted by Crippen LogP contribution is 2.47. The summed E-state index contributed by atoms with van der Waals surface area (Å²) in [5, 5.41) is 44.1. The third-order valence-corrected chi connectivity index (χ3v) is 6.99. The van der Waals surface area contributed by atoms with Crippen LogP contribution in [-0.4, -0.2) is 59.1 Å². The summed E-state index contributed by atoms with van der Waals surface area (Å²) in [6.45, 7) is 3.43. The molecule has 1 saturated heterocycles. The van der Waals surface area contributed by atoms with Gasteiger partial charge in [0.05, 0.1) is 31.1 Å². The molecule has 9 heteroatoms. The third kappa shape index (κ3) is 3.50. The fraction of sp³-hybridized carbons (Fsp3) is 0.370. The smallest absolute Gasteiger partial charge is 0.344 e. The van der Waals surface area contributed by atoms with Crippen LogP contribution in [0.5, 0.6) is 17.2 Å². The first kappa shape index (κ1) is 24.3. The van der Waals surface area contributed by atoms with Gasteiger partial charge in [0.25, 0.3) is 0 Å². The Bertz CT molecular complexity index is 1540. The topological polar surface area (TPSA) is 139 Å². The lowest BCUT2D eigenvalue weighted by atomic mass is 9.92. The van der Waals surface area contributed by atoms with Crippen LogP contribution in [0.3, 0.4) is 0 Å². The van der Waals surface area contributed by atoms with Crippen LogP contribution in [0.1, 0.15) is 31.1 Å². The number of aromatic hydroxyl groups is 1. The average Bonchev–Trinajstić information content (AvgIpc) is 3.17. The van der Waals surface area contributed by atoms with E-state index in [1.54, 1.807) is 12.1 Å². The van der Waals surface area contributed by atoms with E-state index in [0.29, 0.717) is 39.6 Å². The minimum Gasteiger partial charge on any atom is -0.507 e. The molecule has 2 heterocycles. The van der Waals surface area contributed by atoms with E-state index < -0.39 is 36.1 Å². The minimum atomic E-state index is -1.38. The third-order valence-electron chi connectivity index (χ3n) is 6.99. The first-order valence-corrected chi connectivity index (χ1v) is 11.7. The van der Waals surface area contributed by atoms with Gasteiger partial charge >= 0.3 is 5.63 Å². The summed E-state index contributed by atoms with van der Waals surface area (Å²) in [6, 6.07) is 8.23. The van der Waals surface area contributed by atoms with Crippen molar-refractivity contribution in [2.75, 3.05) is 14.2 Å². The number of aliphatic hydroxyl groups excluding tert-OH is 3. The van der Waals surface area contributed by atoms with Crippen molar-refractivity contribution in [1.82, 2.24) is 0 Å². The van der Waals surface area contributed by atoms with E-state index in [1.165, 1.54) is 33.3 Å². The van der Waals surface area contributed by atoms with Gasteiger partial charge in [0, 0.05) is 16.2 Å². The molecule has 1 fully saturated rings. The fourth-order valence-corrected chi connectivity index (χ4v) is 5.18. The van der Waals surface area contributed by atoms with Gasteiger partial charge in [-0.1, -0.05) is 13.0 Å². The Morgan fingerprint density at radius 1 is 0.972 bits per heavy atom. The van der Waals surface area contributed by atoms with Crippen LogP contribution in [-0.2, 0) is 11.2 Å². The Labute approximate surface area is 206 Å². The minimum absolute atomic E-state index is 0.136. The molecule has 190 valence electrons. The summed E-state index contributed by atoms with van der Waals surface area (Å²) < 4.78 is 23.0. The first-order chi connectivity index (χ1) is 17.2. The summed E-state index contributed by atoms with van der Waals surface area (Å²) in [4.78, 5) is 13.2. The monoisotopic (exact) mass is 496 g/mol. The van der Waals surface area contributed by atoms with Gasteiger partial charge in [-0.2, -0.15) is 0 Å². The Morgan fingerprint density at radius 2 is 1.67 bits per heavy atom. The molecule has 0 amide bonds. The molecule has 9 nitrogen and oxygen atoms in total. The highest BCUT2D eigenvalue weighted by atomic mass is 16.6. The molecule has 3 aromatic carbocycles. The quantitative estimate of drug-likeness (QED) is 0.243. The zero-order valence-electron chi connectivity index (χ0n) is 20.3. The number of aliphatic hydroxyl groups is 3. The maximum Gasteiger partial charge on any atom is 0.344 e. The lowest BCUT2D eigenvalue weighted by molar-refractivity contribution is -0.0586. The van der Waals surface area contributed by atoms with Gasteiger partial charge in [-0.25, -0.2) is 4.79 Å². The molecule has 1 aromatic heterocycles. The van der Waals surface area contributed by atoms with Crippen molar-refractivity contribution < 1.29 is 39.1 Å². The lowest BCUT2D eigenvalue weighted by Crippen LogP contribution is -2.36. The first-order valence-electron chi connectivity index (χ1n) is 11.7. The number of phenolic OH excluding ortho intramolecular Hbond substituents is 1. The van der Waals surface area contributed by atoms with Crippen molar-refractivity contribution in [3.63, 3.8) is 0 Å². The second-order valence-electron chi connectivity index (χ2n) is 9.09. The Morgan fingerprint density at radius 3 is 2.28 bits per heavy atom. The Hall–Kier alpha value is -3.37. The molecule has 5 rings (SSSR count). The number of fused-ring (bicyclic) bond motifs is 5. The number of benzene rings is 3. The molecular formula is C27H28O9. The molecule has 1 aliphatic rings. The molecular weight excluding hydrogens is 468 g/mol. The number of methoxy groups -OCH3 is 2. The molecule has 0 aliphatic carbocycles. The van der Waals surface area contributed by atoms with Crippen LogP contribution in [0, 0.1) is 0 Å². The van der Waals surface area contributed by atoms with Crippen LogP contribution in [0.15, 0.2) is 39.5 Å². The normalized spacial score (nSPS) is 23.0. The molecule has 36 heavy (non-hydrogen) atoms. The number of hydrogen-bond donors (Lipinski definition) is 4. The van der Waals surface area contributed by atoms with E-state index in [2.05, 4.69) is 0 Å². The molecule has 4 unspecified atom stereocenters. The molecule has 1 aliphatic heterocycles.